The van der Waals surface area contributed by atoms with Gasteiger partial charge in [0.25, 0.3) is 5.91 Å². The van der Waals surface area contributed by atoms with Gasteiger partial charge < -0.3 is 10.6 Å². The Morgan fingerprint density at radius 1 is 0.955 bits per heavy atom. The summed E-state index contributed by atoms with van der Waals surface area (Å²) < 4.78 is 0. The Morgan fingerprint density at radius 3 is 2.14 bits per heavy atom. The minimum absolute atomic E-state index is 0.0925. The van der Waals surface area contributed by atoms with Crippen molar-refractivity contribution in [2.24, 2.45) is 0 Å². The fourth-order valence-electron chi connectivity index (χ4n) is 1.81. The number of halogens is 2. The lowest BCUT2D eigenvalue weighted by Gasteiger charge is -2.09. The largest absolute Gasteiger partial charge is 0.326 e. The third kappa shape index (κ3) is 4.48. The highest BCUT2D eigenvalue weighted by molar-refractivity contribution is 6.35. The number of hydrogen-bond acceptors (Lipinski definition) is 2. The van der Waals surface area contributed by atoms with Gasteiger partial charge in [0.1, 0.15) is 0 Å². The maximum Gasteiger partial charge on any atom is 0.255 e. The topological polar surface area (TPSA) is 58.2 Å². The molecule has 2 aromatic carbocycles. The number of rotatable bonds is 4. The molecule has 0 fully saturated rings. The quantitative estimate of drug-likeness (QED) is 0.857. The summed E-state index contributed by atoms with van der Waals surface area (Å²) in [5, 5.41) is 6.25. The van der Waals surface area contributed by atoms with Gasteiger partial charge in [-0.1, -0.05) is 36.2 Å². The third-order valence-electron chi connectivity index (χ3n) is 2.85. The lowest BCUT2D eigenvalue weighted by atomic mass is 10.2. The Morgan fingerprint density at radius 2 is 1.55 bits per heavy atom. The second kappa shape index (κ2) is 7.29. The predicted molar refractivity (Wildman–Crippen MR) is 89.8 cm³/mol. The van der Waals surface area contributed by atoms with Crippen LogP contribution < -0.4 is 10.6 Å². The first-order valence-electron chi connectivity index (χ1n) is 6.65. The van der Waals surface area contributed by atoms with Crippen LogP contribution in [0, 0.1) is 0 Å². The van der Waals surface area contributed by atoms with Crippen LogP contribution in [0.1, 0.15) is 23.7 Å². The third-order valence-corrected chi connectivity index (χ3v) is 3.29. The summed E-state index contributed by atoms with van der Waals surface area (Å²) in [7, 11) is 0. The number of benzene rings is 2. The fourth-order valence-corrected chi connectivity index (χ4v) is 2.34. The van der Waals surface area contributed by atoms with Crippen molar-refractivity contribution in [1.82, 2.24) is 0 Å². The highest BCUT2D eigenvalue weighted by Gasteiger charge is 2.09. The molecule has 22 heavy (non-hydrogen) atoms. The van der Waals surface area contributed by atoms with Gasteiger partial charge in [0.05, 0.1) is 0 Å². The van der Waals surface area contributed by atoms with Gasteiger partial charge in [0.2, 0.25) is 5.91 Å². The average Bonchev–Trinajstić information content (AvgIpc) is 2.46. The van der Waals surface area contributed by atoms with Crippen molar-refractivity contribution < 1.29 is 9.59 Å². The summed E-state index contributed by atoms with van der Waals surface area (Å²) in [6.45, 7) is 1.77. The highest BCUT2D eigenvalue weighted by Crippen LogP contribution is 2.21. The minimum atomic E-state index is -0.330. The molecule has 2 amide bonds. The normalized spacial score (nSPS) is 10.1. The van der Waals surface area contributed by atoms with E-state index in [1.165, 1.54) is 12.1 Å². The maximum absolute atomic E-state index is 12.2. The van der Waals surface area contributed by atoms with Gasteiger partial charge in [-0.2, -0.15) is 0 Å². The van der Waals surface area contributed by atoms with Crippen LogP contribution in [0.25, 0.3) is 0 Å². The molecular formula is C16H14Cl2N2O2. The van der Waals surface area contributed by atoms with Crippen LogP contribution in [-0.2, 0) is 4.79 Å². The lowest BCUT2D eigenvalue weighted by molar-refractivity contribution is -0.115. The Kier molecular flexibility index (Phi) is 5.41. The molecule has 6 heteroatoms. The van der Waals surface area contributed by atoms with Crippen molar-refractivity contribution in [2.45, 2.75) is 13.3 Å². The molecule has 0 radical (unpaired) electrons. The molecule has 4 nitrogen and oxygen atoms in total. The lowest BCUT2D eigenvalue weighted by Crippen LogP contribution is -2.13. The van der Waals surface area contributed by atoms with Crippen molar-refractivity contribution in [1.29, 1.82) is 0 Å². The first-order chi connectivity index (χ1) is 10.5. The van der Waals surface area contributed by atoms with Crippen molar-refractivity contribution in [3.8, 4) is 0 Å². The van der Waals surface area contributed by atoms with E-state index in [1.54, 1.807) is 37.3 Å². The second-order valence-electron chi connectivity index (χ2n) is 4.59. The minimum Gasteiger partial charge on any atom is -0.326 e. The van der Waals surface area contributed by atoms with Crippen molar-refractivity contribution in [2.75, 3.05) is 10.6 Å². The molecular weight excluding hydrogens is 323 g/mol. The fraction of sp³-hybridized carbons (Fsp3) is 0.125. The van der Waals surface area contributed by atoms with Crippen molar-refractivity contribution in [3.63, 3.8) is 0 Å². The summed E-state index contributed by atoms with van der Waals surface area (Å²) in [5.74, 6) is -0.423. The van der Waals surface area contributed by atoms with E-state index in [0.29, 0.717) is 33.4 Å². The molecule has 0 heterocycles. The maximum atomic E-state index is 12.2. The number of hydrogen-bond donors (Lipinski definition) is 2. The van der Waals surface area contributed by atoms with Gasteiger partial charge >= 0.3 is 0 Å². The summed E-state index contributed by atoms with van der Waals surface area (Å²) in [5.41, 5.74) is 1.55. The molecule has 0 saturated heterocycles. The zero-order valence-corrected chi connectivity index (χ0v) is 13.3. The van der Waals surface area contributed by atoms with Crippen LogP contribution in [-0.4, -0.2) is 11.8 Å². The van der Waals surface area contributed by atoms with Crippen LogP contribution in [0.15, 0.2) is 42.5 Å². The molecule has 114 valence electrons. The van der Waals surface area contributed by atoms with E-state index < -0.39 is 0 Å². The molecule has 2 N–H and O–H groups in total. The zero-order valence-electron chi connectivity index (χ0n) is 11.8. The summed E-state index contributed by atoms with van der Waals surface area (Å²) in [4.78, 5) is 23.6. The Bertz CT molecular complexity index is 697. The van der Waals surface area contributed by atoms with Gasteiger partial charge in [-0.15, -0.1) is 0 Å². The number of carbonyl (C=O) groups is 2. The average molecular weight is 337 g/mol. The number of nitrogens with one attached hydrogen (secondary N) is 2. The molecule has 0 aliphatic heterocycles. The van der Waals surface area contributed by atoms with Gasteiger partial charge in [-0.25, -0.2) is 0 Å². The molecule has 0 atom stereocenters. The van der Waals surface area contributed by atoms with Gasteiger partial charge in [0, 0.05) is 33.4 Å². The highest BCUT2D eigenvalue weighted by atomic mass is 35.5. The number of anilines is 2. The molecule has 0 aliphatic carbocycles. The van der Waals surface area contributed by atoms with Crippen LogP contribution in [0.2, 0.25) is 10.0 Å². The number of carbonyl (C=O) groups excluding carboxylic acids is 2. The van der Waals surface area contributed by atoms with Crippen LogP contribution in [0.3, 0.4) is 0 Å². The Labute approximate surface area is 138 Å². The van der Waals surface area contributed by atoms with E-state index in [0.717, 1.165) is 0 Å². The van der Waals surface area contributed by atoms with Crippen LogP contribution >= 0.6 is 23.2 Å². The molecule has 2 rings (SSSR count). The summed E-state index contributed by atoms with van der Waals surface area (Å²) in [6.07, 6.45) is 0.387. The standard InChI is InChI=1S/C16H14Cl2N2O2/c1-2-15(21)19-13-4-3-5-14(9-13)20-16(22)10-6-11(17)8-12(18)7-10/h3-9H,2H2,1H3,(H,19,21)(H,20,22). The molecule has 0 aliphatic rings. The second-order valence-corrected chi connectivity index (χ2v) is 5.47. The van der Waals surface area contributed by atoms with E-state index in [4.69, 9.17) is 23.2 Å². The molecule has 0 aromatic heterocycles. The van der Waals surface area contributed by atoms with Crippen LogP contribution in [0.5, 0.6) is 0 Å². The first kappa shape index (κ1) is 16.3. The molecule has 0 saturated carbocycles. The summed E-state index contributed by atoms with van der Waals surface area (Å²) >= 11 is 11.8. The first-order valence-corrected chi connectivity index (χ1v) is 7.41. The summed E-state index contributed by atoms with van der Waals surface area (Å²) in [6, 6.07) is 11.5. The molecule has 2 aromatic rings. The SMILES string of the molecule is CCC(=O)Nc1cccc(NC(=O)c2cc(Cl)cc(Cl)c2)c1. The van der Waals surface area contributed by atoms with E-state index >= 15 is 0 Å². The van der Waals surface area contributed by atoms with E-state index in [2.05, 4.69) is 10.6 Å². The molecule has 0 bridgehead atoms. The monoisotopic (exact) mass is 336 g/mol. The van der Waals surface area contributed by atoms with Crippen molar-refractivity contribution in [3.05, 3.63) is 58.1 Å². The number of amides is 2. The zero-order chi connectivity index (χ0) is 16.1. The predicted octanol–water partition coefficient (Wildman–Crippen LogP) is 4.59. The Hall–Kier alpha value is -2.04. The van der Waals surface area contributed by atoms with Gasteiger partial charge in [-0.3, -0.25) is 9.59 Å². The molecule has 0 spiro atoms. The molecule has 0 unspecified atom stereocenters. The van der Waals surface area contributed by atoms with E-state index in [-0.39, 0.29) is 11.8 Å². The van der Waals surface area contributed by atoms with Crippen LogP contribution in [0.4, 0.5) is 11.4 Å². The Balaban J connectivity index is 2.14. The van der Waals surface area contributed by atoms with Gasteiger partial charge in [0.15, 0.2) is 0 Å². The van der Waals surface area contributed by atoms with Gasteiger partial charge in [-0.05, 0) is 36.4 Å². The van der Waals surface area contributed by atoms with E-state index in [1.807, 2.05) is 0 Å². The van der Waals surface area contributed by atoms with Crippen molar-refractivity contribution >= 4 is 46.4 Å². The van der Waals surface area contributed by atoms with E-state index in [9.17, 15) is 9.59 Å². The smallest absolute Gasteiger partial charge is 0.255 e.